The van der Waals surface area contributed by atoms with Crippen molar-refractivity contribution in [2.24, 2.45) is 0 Å². The number of phenols is 2. The average molecular weight is 464 g/mol. The Labute approximate surface area is 195 Å². The van der Waals surface area contributed by atoms with E-state index in [9.17, 15) is 20.1 Å². The Morgan fingerprint density at radius 3 is 2.61 bits per heavy atom. The summed E-state index contributed by atoms with van der Waals surface area (Å²) in [6, 6.07) is 2.48. The number of cyclic esters (lactones) is 1. The highest BCUT2D eigenvalue weighted by atomic mass is 16.7. The zero-order valence-electron chi connectivity index (χ0n) is 19.7. The van der Waals surface area contributed by atoms with Gasteiger partial charge in [-0.2, -0.15) is 0 Å². The lowest BCUT2D eigenvalue weighted by molar-refractivity contribution is -0.239. The second kappa shape index (κ2) is 11.8. The fourth-order valence-electron chi connectivity index (χ4n) is 4.64. The Morgan fingerprint density at radius 1 is 1.12 bits per heavy atom. The minimum Gasteiger partial charge on any atom is -0.508 e. The van der Waals surface area contributed by atoms with Crippen LogP contribution in [0.15, 0.2) is 18.2 Å². The number of nitrogens with one attached hydrogen (secondary N) is 1. The normalized spacial score (nSPS) is 32.9. The molecule has 0 saturated carbocycles. The van der Waals surface area contributed by atoms with E-state index >= 15 is 0 Å². The smallest absolute Gasteiger partial charge is 0.342 e. The van der Waals surface area contributed by atoms with Crippen molar-refractivity contribution in [3.8, 4) is 11.5 Å². The Morgan fingerprint density at radius 2 is 1.88 bits per heavy atom. The maximum atomic E-state index is 12.7. The summed E-state index contributed by atoms with van der Waals surface area (Å²) in [5, 5.41) is 33.6. The van der Waals surface area contributed by atoms with Gasteiger partial charge in [0.15, 0.2) is 6.29 Å². The van der Waals surface area contributed by atoms with Gasteiger partial charge in [-0.1, -0.05) is 12.2 Å². The molecule has 2 heterocycles. The number of hydrogen-bond acceptors (Lipinski definition) is 8. The molecule has 1 aromatic carbocycles. The van der Waals surface area contributed by atoms with Gasteiger partial charge in [0, 0.05) is 12.5 Å². The van der Waals surface area contributed by atoms with Crippen LogP contribution in [0.4, 0.5) is 0 Å². The molecule has 8 heteroatoms. The van der Waals surface area contributed by atoms with Crippen LogP contribution in [0.1, 0.15) is 74.7 Å². The van der Waals surface area contributed by atoms with E-state index in [-0.39, 0.29) is 41.4 Å². The van der Waals surface area contributed by atoms with E-state index in [1.807, 2.05) is 27.0 Å². The van der Waals surface area contributed by atoms with Crippen LogP contribution in [0.25, 0.3) is 6.08 Å². The summed E-state index contributed by atoms with van der Waals surface area (Å²) in [5.74, 6) is -1.02. The summed E-state index contributed by atoms with van der Waals surface area (Å²) in [7, 11) is 1.81. The second-order valence-electron chi connectivity index (χ2n) is 9.06. The van der Waals surface area contributed by atoms with Crippen molar-refractivity contribution in [3.05, 3.63) is 29.3 Å². The lowest BCUT2D eigenvalue weighted by Crippen LogP contribution is -2.54. The molecule has 1 fully saturated rings. The lowest BCUT2D eigenvalue weighted by atomic mass is 9.99. The van der Waals surface area contributed by atoms with Crippen LogP contribution >= 0.6 is 0 Å². The lowest BCUT2D eigenvalue weighted by Gasteiger charge is -2.39. The van der Waals surface area contributed by atoms with E-state index in [0.29, 0.717) is 18.4 Å². The van der Waals surface area contributed by atoms with Crippen LogP contribution in [0.3, 0.4) is 0 Å². The monoisotopic (exact) mass is 463 g/mol. The number of hydrogen-bond donors (Lipinski definition) is 4. The summed E-state index contributed by atoms with van der Waals surface area (Å²) in [6.45, 7) is 3.76. The van der Waals surface area contributed by atoms with Crippen LogP contribution in [0.5, 0.6) is 11.5 Å². The predicted octanol–water partition coefficient (Wildman–Crippen LogP) is 3.48. The molecule has 0 radical (unpaired) electrons. The first-order chi connectivity index (χ1) is 15.8. The molecule has 0 spiro atoms. The van der Waals surface area contributed by atoms with Crippen molar-refractivity contribution in [3.63, 3.8) is 0 Å². The van der Waals surface area contributed by atoms with Crippen molar-refractivity contribution in [1.82, 2.24) is 5.32 Å². The Kier molecular flexibility index (Phi) is 9.14. The van der Waals surface area contributed by atoms with Gasteiger partial charge in [0.05, 0.1) is 30.5 Å². The first-order valence-electron chi connectivity index (χ1n) is 11.9. The number of allylic oxidation sites excluding steroid dienone is 1. The summed E-state index contributed by atoms with van der Waals surface area (Å²) in [4.78, 5) is 12.7. The molecule has 0 aliphatic carbocycles. The quantitative estimate of drug-likeness (QED) is 0.504. The minimum absolute atomic E-state index is 0.0276. The fraction of sp³-hybridized carbons (Fsp3) is 0.640. The van der Waals surface area contributed by atoms with Gasteiger partial charge in [0.25, 0.3) is 0 Å². The maximum absolute atomic E-state index is 12.7. The van der Waals surface area contributed by atoms with Gasteiger partial charge in [0.2, 0.25) is 0 Å². The highest BCUT2D eigenvalue weighted by Crippen LogP contribution is 2.30. The highest BCUT2D eigenvalue weighted by molar-refractivity contribution is 5.97. The molecule has 6 atom stereocenters. The van der Waals surface area contributed by atoms with Gasteiger partial charge < -0.3 is 34.8 Å². The topological polar surface area (TPSA) is 117 Å². The van der Waals surface area contributed by atoms with E-state index in [2.05, 4.69) is 5.32 Å². The third kappa shape index (κ3) is 6.93. The van der Waals surface area contributed by atoms with Crippen LogP contribution in [-0.4, -0.2) is 65.1 Å². The molecular formula is C25H37NO7. The molecule has 184 valence electrons. The molecule has 0 amide bonds. The summed E-state index contributed by atoms with van der Waals surface area (Å²) in [5.41, 5.74) is 0.489. The van der Waals surface area contributed by atoms with Crippen LogP contribution in [0.2, 0.25) is 0 Å². The molecule has 1 saturated heterocycles. The number of aliphatic hydroxyl groups excluding tert-OH is 1. The fourth-order valence-corrected chi connectivity index (χ4v) is 4.64. The summed E-state index contributed by atoms with van der Waals surface area (Å²) in [6.07, 6.45) is 7.24. The third-order valence-electron chi connectivity index (χ3n) is 6.37. The van der Waals surface area contributed by atoms with Gasteiger partial charge in [0.1, 0.15) is 17.1 Å². The van der Waals surface area contributed by atoms with Gasteiger partial charge in [-0.05, 0) is 71.0 Å². The van der Waals surface area contributed by atoms with Crippen molar-refractivity contribution in [2.75, 3.05) is 7.05 Å². The van der Waals surface area contributed by atoms with Gasteiger partial charge in [-0.3, -0.25) is 0 Å². The van der Waals surface area contributed by atoms with Crippen LogP contribution in [-0.2, 0) is 14.2 Å². The van der Waals surface area contributed by atoms with Crippen molar-refractivity contribution in [1.29, 1.82) is 0 Å². The average Bonchev–Trinajstić information content (AvgIpc) is 2.72. The number of benzene rings is 1. The second-order valence-corrected chi connectivity index (χ2v) is 9.06. The van der Waals surface area contributed by atoms with E-state index in [0.717, 1.165) is 38.2 Å². The Bertz CT molecular complexity index is 815. The number of carbonyl (C=O) groups excluding carboxylic acids is 1. The van der Waals surface area contributed by atoms with Gasteiger partial charge in [-0.15, -0.1) is 0 Å². The Hall–Kier alpha value is -2.13. The number of carbonyl (C=O) groups is 1. The van der Waals surface area contributed by atoms with E-state index in [1.54, 1.807) is 6.08 Å². The van der Waals surface area contributed by atoms with E-state index < -0.39 is 18.4 Å². The maximum Gasteiger partial charge on any atom is 0.342 e. The zero-order valence-corrected chi connectivity index (χ0v) is 19.7. The molecule has 2 aliphatic heterocycles. The van der Waals surface area contributed by atoms with Crippen molar-refractivity contribution < 1.29 is 34.3 Å². The highest BCUT2D eigenvalue weighted by Gasteiger charge is 2.36. The third-order valence-corrected chi connectivity index (χ3v) is 6.37. The number of phenolic OH excluding ortho intramolecular Hbond substituents is 2. The Balaban J connectivity index is 1.69. The first kappa shape index (κ1) is 25.5. The molecule has 0 bridgehead atoms. The number of fused-ring (bicyclic) bond motifs is 1. The number of likely N-dealkylation sites (N-methyl/N-ethyl adjacent to an activating group) is 1. The SMILES string of the molecule is CN[C@H]1[C@@H](O)C[C@H](O[C@H]2CCC/C=C/c3cc(O)cc(O)c3C(=O)O[C@@H](C)CCC2)O[C@@H]1C. The first-order valence-corrected chi connectivity index (χ1v) is 11.9. The molecule has 33 heavy (non-hydrogen) atoms. The largest absolute Gasteiger partial charge is 0.508 e. The molecule has 0 aromatic heterocycles. The van der Waals surface area contributed by atoms with Crippen molar-refractivity contribution in [2.45, 2.75) is 95.5 Å². The van der Waals surface area contributed by atoms with E-state index in [4.69, 9.17) is 14.2 Å². The number of aromatic hydroxyl groups is 2. The molecule has 2 aliphatic rings. The van der Waals surface area contributed by atoms with Crippen LogP contribution < -0.4 is 5.32 Å². The van der Waals surface area contributed by atoms with Crippen molar-refractivity contribution >= 4 is 12.0 Å². The summed E-state index contributed by atoms with van der Waals surface area (Å²) < 4.78 is 17.8. The number of aliphatic hydroxyl groups is 1. The van der Waals surface area contributed by atoms with E-state index in [1.165, 1.54) is 6.07 Å². The molecule has 3 rings (SSSR count). The number of ether oxygens (including phenoxy) is 3. The molecule has 8 nitrogen and oxygen atoms in total. The minimum atomic E-state index is -0.609. The predicted molar refractivity (Wildman–Crippen MR) is 124 cm³/mol. The van der Waals surface area contributed by atoms with Gasteiger partial charge >= 0.3 is 5.97 Å². The summed E-state index contributed by atoms with van der Waals surface area (Å²) >= 11 is 0. The number of rotatable bonds is 3. The number of esters is 1. The van der Waals surface area contributed by atoms with Gasteiger partial charge in [-0.25, -0.2) is 4.79 Å². The molecule has 0 unspecified atom stereocenters. The van der Waals surface area contributed by atoms with Crippen LogP contribution in [0, 0.1) is 0 Å². The molecular weight excluding hydrogens is 426 g/mol. The molecule has 1 aromatic rings. The standard InChI is InChI=1S/C25H37NO7/c1-15-8-7-11-19(33-22-14-21(29)24(26-3)16(2)32-22)10-6-4-5-9-17-12-18(27)13-20(28)23(17)25(30)31-15/h5,9,12-13,15-16,19,21-22,24,26-29H,4,6-8,10-11,14H2,1-3H3/b9-5+/t15-,16+,19-,21-,22-,24+/m0/s1. The molecule has 4 N–H and O–H groups in total. The zero-order chi connectivity index (χ0) is 24.0.